The quantitative estimate of drug-likeness (QED) is 0.561. The first kappa shape index (κ1) is 22.4. The average Bonchev–Trinajstić information content (AvgIpc) is 2.77. The third-order valence-electron chi connectivity index (χ3n) is 5.22. The topological polar surface area (TPSA) is 58.6 Å². The van der Waals surface area contributed by atoms with E-state index in [2.05, 4.69) is 5.32 Å². The lowest BCUT2D eigenvalue weighted by Crippen LogP contribution is -2.39. The summed E-state index contributed by atoms with van der Waals surface area (Å²) < 4.78 is 5.16. The Balaban J connectivity index is 1.98. The molecule has 5 nitrogen and oxygen atoms in total. The molecule has 1 atom stereocenters. The van der Waals surface area contributed by atoms with Crippen LogP contribution >= 0.6 is 11.6 Å². The molecular weight excluding hydrogens is 412 g/mol. The van der Waals surface area contributed by atoms with Crippen LogP contribution in [-0.4, -0.2) is 30.9 Å². The van der Waals surface area contributed by atoms with Crippen molar-refractivity contribution in [3.63, 3.8) is 0 Å². The minimum Gasteiger partial charge on any atom is -0.497 e. The average molecular weight is 437 g/mol. The molecule has 0 fully saturated rings. The summed E-state index contributed by atoms with van der Waals surface area (Å²) in [5.41, 5.74) is 3.61. The number of hydrogen-bond acceptors (Lipinski definition) is 3. The molecule has 3 aromatic carbocycles. The number of rotatable bonds is 6. The van der Waals surface area contributed by atoms with Crippen molar-refractivity contribution in [3.05, 3.63) is 94.0 Å². The molecule has 0 aliphatic rings. The smallest absolute Gasteiger partial charge is 0.254 e. The zero-order valence-electron chi connectivity index (χ0n) is 18.0. The molecule has 0 aliphatic heterocycles. The first-order valence-electron chi connectivity index (χ1n) is 9.86. The second-order valence-electron chi connectivity index (χ2n) is 7.32. The number of ether oxygens (including phenoxy) is 1. The van der Waals surface area contributed by atoms with Crippen LogP contribution in [-0.2, 0) is 4.79 Å². The first-order chi connectivity index (χ1) is 14.8. The van der Waals surface area contributed by atoms with Crippen LogP contribution in [0.5, 0.6) is 5.75 Å². The van der Waals surface area contributed by atoms with Gasteiger partial charge in [-0.15, -0.1) is 0 Å². The van der Waals surface area contributed by atoms with Gasteiger partial charge in [-0.3, -0.25) is 9.59 Å². The van der Waals surface area contributed by atoms with E-state index >= 15 is 0 Å². The van der Waals surface area contributed by atoms with Crippen LogP contribution in [0, 0.1) is 13.8 Å². The summed E-state index contributed by atoms with van der Waals surface area (Å²) in [5, 5.41) is 3.41. The maximum absolute atomic E-state index is 13.5. The van der Waals surface area contributed by atoms with Gasteiger partial charge in [-0.1, -0.05) is 48.0 Å². The summed E-state index contributed by atoms with van der Waals surface area (Å²) >= 11 is 6.43. The Morgan fingerprint density at radius 2 is 1.55 bits per heavy atom. The fourth-order valence-corrected chi connectivity index (χ4v) is 3.72. The molecule has 1 N–H and O–H groups in total. The molecule has 0 radical (unpaired) electrons. The van der Waals surface area contributed by atoms with Crippen molar-refractivity contribution in [1.82, 2.24) is 4.90 Å². The Hall–Kier alpha value is -3.31. The molecule has 0 unspecified atom stereocenters. The van der Waals surface area contributed by atoms with Gasteiger partial charge in [0.15, 0.2) is 0 Å². The zero-order chi connectivity index (χ0) is 22.5. The summed E-state index contributed by atoms with van der Waals surface area (Å²) in [7, 11) is 3.17. The minimum atomic E-state index is -0.915. The number of halogens is 1. The standard InChI is InChI=1S/C25H25ClN2O3/c1-16-8-7-9-17(2)22(16)27-24(29)23(20-10-5-6-11-21(20)26)28(3)25(30)18-12-14-19(31-4)15-13-18/h5-15,23H,1-4H3,(H,27,29)/t23-/m1/s1. The molecule has 0 aliphatic carbocycles. The summed E-state index contributed by atoms with van der Waals surface area (Å²) in [6.07, 6.45) is 0. The van der Waals surface area contributed by atoms with Gasteiger partial charge in [0.25, 0.3) is 11.8 Å². The largest absolute Gasteiger partial charge is 0.497 e. The Kier molecular flexibility index (Phi) is 6.98. The van der Waals surface area contributed by atoms with Crippen LogP contribution < -0.4 is 10.1 Å². The molecule has 31 heavy (non-hydrogen) atoms. The highest BCUT2D eigenvalue weighted by Crippen LogP contribution is 2.30. The monoisotopic (exact) mass is 436 g/mol. The van der Waals surface area contributed by atoms with E-state index < -0.39 is 6.04 Å². The van der Waals surface area contributed by atoms with Gasteiger partial charge < -0.3 is 15.0 Å². The number of nitrogens with zero attached hydrogens (tertiary/aromatic N) is 1. The molecule has 160 valence electrons. The Morgan fingerprint density at radius 3 is 2.13 bits per heavy atom. The number of benzene rings is 3. The summed E-state index contributed by atoms with van der Waals surface area (Å²) in [6, 6.07) is 18.7. The molecule has 0 bridgehead atoms. The van der Waals surface area contributed by atoms with E-state index in [0.29, 0.717) is 21.9 Å². The van der Waals surface area contributed by atoms with E-state index in [0.717, 1.165) is 16.8 Å². The minimum absolute atomic E-state index is 0.302. The molecule has 0 saturated carbocycles. The number of para-hydroxylation sites is 1. The normalized spacial score (nSPS) is 11.5. The number of carbonyl (C=O) groups excluding carboxylic acids is 2. The predicted octanol–water partition coefficient (Wildman–Crippen LogP) is 5.42. The highest BCUT2D eigenvalue weighted by molar-refractivity contribution is 6.31. The van der Waals surface area contributed by atoms with E-state index in [1.54, 1.807) is 62.7 Å². The molecule has 0 heterocycles. The molecule has 3 aromatic rings. The molecule has 0 saturated heterocycles. The second-order valence-corrected chi connectivity index (χ2v) is 7.73. The van der Waals surface area contributed by atoms with E-state index in [1.807, 2.05) is 32.0 Å². The lowest BCUT2D eigenvalue weighted by atomic mass is 10.0. The van der Waals surface area contributed by atoms with Crippen molar-refractivity contribution in [1.29, 1.82) is 0 Å². The number of carbonyl (C=O) groups is 2. The molecule has 3 rings (SSSR count). The lowest BCUT2D eigenvalue weighted by molar-refractivity contribution is -0.120. The molecular formula is C25H25ClN2O3. The number of likely N-dealkylation sites (N-methyl/N-ethyl adjacent to an activating group) is 1. The summed E-state index contributed by atoms with van der Waals surface area (Å²) in [6.45, 7) is 3.86. The van der Waals surface area contributed by atoms with Crippen molar-refractivity contribution in [2.24, 2.45) is 0 Å². The first-order valence-corrected chi connectivity index (χ1v) is 10.2. The van der Waals surface area contributed by atoms with Crippen LogP contribution in [0.4, 0.5) is 5.69 Å². The van der Waals surface area contributed by atoms with Gasteiger partial charge in [0, 0.05) is 28.9 Å². The lowest BCUT2D eigenvalue weighted by Gasteiger charge is -2.29. The number of amides is 2. The van der Waals surface area contributed by atoms with E-state index in [1.165, 1.54) is 4.90 Å². The van der Waals surface area contributed by atoms with Crippen LogP contribution in [0.1, 0.15) is 33.1 Å². The van der Waals surface area contributed by atoms with Crippen molar-refractivity contribution in [3.8, 4) is 5.75 Å². The maximum Gasteiger partial charge on any atom is 0.254 e. The van der Waals surface area contributed by atoms with Gasteiger partial charge in [0.05, 0.1) is 7.11 Å². The van der Waals surface area contributed by atoms with Crippen molar-refractivity contribution in [2.75, 3.05) is 19.5 Å². The third kappa shape index (κ3) is 4.89. The Bertz CT molecular complexity index is 1080. The molecule has 0 spiro atoms. The summed E-state index contributed by atoms with van der Waals surface area (Å²) in [4.78, 5) is 28.1. The SMILES string of the molecule is COc1ccc(C(=O)N(C)[C@@H](C(=O)Nc2c(C)cccc2C)c2ccccc2Cl)cc1. The van der Waals surface area contributed by atoms with Crippen LogP contribution in [0.3, 0.4) is 0 Å². The number of aryl methyl sites for hydroxylation is 2. The van der Waals surface area contributed by atoms with Gasteiger partial charge in [-0.2, -0.15) is 0 Å². The third-order valence-corrected chi connectivity index (χ3v) is 5.57. The molecule has 2 amide bonds. The Labute approximate surface area is 187 Å². The number of hydrogen-bond donors (Lipinski definition) is 1. The van der Waals surface area contributed by atoms with Gasteiger partial charge in [0.1, 0.15) is 11.8 Å². The number of nitrogens with one attached hydrogen (secondary N) is 1. The van der Waals surface area contributed by atoms with Gasteiger partial charge in [-0.25, -0.2) is 0 Å². The van der Waals surface area contributed by atoms with E-state index in [-0.39, 0.29) is 11.8 Å². The van der Waals surface area contributed by atoms with E-state index in [9.17, 15) is 9.59 Å². The fraction of sp³-hybridized carbons (Fsp3) is 0.200. The zero-order valence-corrected chi connectivity index (χ0v) is 18.7. The number of anilines is 1. The van der Waals surface area contributed by atoms with Crippen molar-refractivity contribution < 1.29 is 14.3 Å². The summed E-state index contributed by atoms with van der Waals surface area (Å²) in [5.74, 6) is 0.00807. The maximum atomic E-state index is 13.5. The molecule has 0 aromatic heterocycles. The molecule has 6 heteroatoms. The van der Waals surface area contributed by atoms with Gasteiger partial charge >= 0.3 is 0 Å². The van der Waals surface area contributed by atoms with Gasteiger partial charge in [-0.05, 0) is 55.3 Å². The highest BCUT2D eigenvalue weighted by Gasteiger charge is 2.31. The van der Waals surface area contributed by atoms with Crippen LogP contribution in [0.25, 0.3) is 0 Å². The van der Waals surface area contributed by atoms with Crippen molar-refractivity contribution in [2.45, 2.75) is 19.9 Å². The van der Waals surface area contributed by atoms with Crippen LogP contribution in [0.15, 0.2) is 66.7 Å². The highest BCUT2D eigenvalue weighted by atomic mass is 35.5. The van der Waals surface area contributed by atoms with Gasteiger partial charge in [0.2, 0.25) is 0 Å². The van der Waals surface area contributed by atoms with Crippen LogP contribution in [0.2, 0.25) is 5.02 Å². The Morgan fingerprint density at radius 1 is 0.935 bits per heavy atom. The second kappa shape index (κ2) is 9.67. The fourth-order valence-electron chi connectivity index (χ4n) is 3.48. The number of methoxy groups -OCH3 is 1. The predicted molar refractivity (Wildman–Crippen MR) is 124 cm³/mol. The van der Waals surface area contributed by atoms with E-state index in [4.69, 9.17) is 16.3 Å². The van der Waals surface area contributed by atoms with Crippen molar-refractivity contribution >= 4 is 29.1 Å².